The summed E-state index contributed by atoms with van der Waals surface area (Å²) in [6, 6.07) is 1.36. The van der Waals surface area contributed by atoms with E-state index in [0.717, 1.165) is 31.9 Å². The van der Waals surface area contributed by atoms with Crippen molar-refractivity contribution in [2.24, 2.45) is 11.8 Å². The van der Waals surface area contributed by atoms with E-state index in [0.29, 0.717) is 11.8 Å². The molecule has 7 heteroatoms. The summed E-state index contributed by atoms with van der Waals surface area (Å²) >= 11 is 5.88. The molecule has 2 saturated carbocycles. The predicted molar refractivity (Wildman–Crippen MR) is 72.6 cm³/mol. The number of pyridine rings is 1. The first-order valence-electron chi connectivity index (χ1n) is 6.67. The molecule has 0 spiro atoms. The third-order valence-corrected chi connectivity index (χ3v) is 4.14. The van der Waals surface area contributed by atoms with Crippen LogP contribution in [0, 0.1) is 22.0 Å². The second-order valence-corrected chi connectivity index (χ2v) is 5.82. The van der Waals surface area contributed by atoms with Gasteiger partial charge in [0.25, 0.3) is 11.6 Å². The number of rotatable bonds is 5. The van der Waals surface area contributed by atoms with Crippen LogP contribution < -0.4 is 5.32 Å². The van der Waals surface area contributed by atoms with E-state index in [1.807, 2.05) is 0 Å². The Morgan fingerprint density at radius 3 is 2.50 bits per heavy atom. The number of hydrogen-bond acceptors (Lipinski definition) is 4. The minimum Gasteiger partial charge on any atom is -0.349 e. The van der Waals surface area contributed by atoms with E-state index >= 15 is 0 Å². The van der Waals surface area contributed by atoms with Crippen LogP contribution in [-0.2, 0) is 0 Å². The lowest BCUT2D eigenvalue weighted by Gasteiger charge is -2.17. The van der Waals surface area contributed by atoms with Gasteiger partial charge in [-0.05, 0) is 37.5 Å². The van der Waals surface area contributed by atoms with Crippen LogP contribution in [0.1, 0.15) is 36.0 Å². The Labute approximate surface area is 120 Å². The lowest BCUT2D eigenvalue weighted by atomic mass is 10.1. The van der Waals surface area contributed by atoms with E-state index in [1.54, 1.807) is 0 Å². The number of aromatic nitrogens is 1. The molecule has 2 aliphatic carbocycles. The van der Waals surface area contributed by atoms with Crippen LogP contribution >= 0.6 is 11.6 Å². The van der Waals surface area contributed by atoms with Crippen molar-refractivity contribution >= 4 is 23.2 Å². The third kappa shape index (κ3) is 2.75. The maximum Gasteiger partial charge on any atom is 0.288 e. The van der Waals surface area contributed by atoms with Crippen molar-refractivity contribution < 1.29 is 9.72 Å². The van der Waals surface area contributed by atoms with Gasteiger partial charge < -0.3 is 5.32 Å². The van der Waals surface area contributed by atoms with Crippen molar-refractivity contribution in [3.8, 4) is 0 Å². The first kappa shape index (κ1) is 13.3. The molecule has 0 bridgehead atoms. The first-order valence-corrected chi connectivity index (χ1v) is 7.05. The molecule has 106 valence electrons. The van der Waals surface area contributed by atoms with Gasteiger partial charge in [0.15, 0.2) is 0 Å². The van der Waals surface area contributed by atoms with Crippen molar-refractivity contribution in [3.63, 3.8) is 0 Å². The first-order chi connectivity index (χ1) is 9.56. The Morgan fingerprint density at radius 1 is 1.40 bits per heavy atom. The van der Waals surface area contributed by atoms with Crippen molar-refractivity contribution in [3.05, 3.63) is 33.1 Å². The van der Waals surface area contributed by atoms with Crippen LogP contribution in [0.5, 0.6) is 0 Å². The van der Waals surface area contributed by atoms with Gasteiger partial charge in [-0.3, -0.25) is 14.9 Å². The van der Waals surface area contributed by atoms with Gasteiger partial charge in [-0.25, -0.2) is 4.98 Å². The van der Waals surface area contributed by atoms with Gasteiger partial charge in [-0.15, -0.1) is 0 Å². The van der Waals surface area contributed by atoms with Crippen LogP contribution in [-0.4, -0.2) is 21.9 Å². The monoisotopic (exact) mass is 295 g/mol. The smallest absolute Gasteiger partial charge is 0.288 e. The van der Waals surface area contributed by atoms with Crippen molar-refractivity contribution in [1.29, 1.82) is 0 Å². The summed E-state index contributed by atoms with van der Waals surface area (Å²) in [7, 11) is 0. The quantitative estimate of drug-likeness (QED) is 0.514. The maximum absolute atomic E-state index is 12.3. The number of nitro groups is 1. The predicted octanol–water partition coefficient (Wildman–Crippen LogP) is 2.56. The van der Waals surface area contributed by atoms with Gasteiger partial charge in [0.1, 0.15) is 11.3 Å². The normalized spacial score (nSPS) is 18.1. The molecule has 1 amide bonds. The Balaban J connectivity index is 1.78. The number of nitrogens with one attached hydrogen (secondary N) is 1. The van der Waals surface area contributed by atoms with Crippen LogP contribution in [0.2, 0.25) is 5.15 Å². The molecule has 0 atom stereocenters. The van der Waals surface area contributed by atoms with Crippen LogP contribution in [0.15, 0.2) is 12.3 Å². The number of nitrogens with zero attached hydrogens (tertiary/aromatic N) is 2. The van der Waals surface area contributed by atoms with Gasteiger partial charge in [0, 0.05) is 12.1 Å². The van der Waals surface area contributed by atoms with Gasteiger partial charge in [-0.2, -0.15) is 0 Å². The minimum absolute atomic E-state index is 0.00144. The van der Waals surface area contributed by atoms with Crippen LogP contribution in [0.4, 0.5) is 5.69 Å². The summed E-state index contributed by atoms with van der Waals surface area (Å²) in [5, 5.41) is 13.7. The number of amides is 1. The third-order valence-electron chi connectivity index (χ3n) is 3.84. The molecule has 2 aliphatic rings. The molecule has 1 N–H and O–H groups in total. The molecule has 0 saturated heterocycles. The van der Waals surface area contributed by atoms with Gasteiger partial charge in [-0.1, -0.05) is 11.6 Å². The minimum atomic E-state index is -0.584. The zero-order valence-corrected chi connectivity index (χ0v) is 11.5. The molecule has 0 unspecified atom stereocenters. The SMILES string of the molecule is O=C(NC(C1CC1)C1CC1)c1cc([N+](=O)[O-])cnc1Cl. The van der Waals surface area contributed by atoms with Crippen LogP contribution in [0.25, 0.3) is 0 Å². The molecule has 0 radical (unpaired) electrons. The molecule has 2 fully saturated rings. The Morgan fingerprint density at radius 2 is 2.00 bits per heavy atom. The second kappa shape index (κ2) is 5.01. The lowest BCUT2D eigenvalue weighted by molar-refractivity contribution is -0.385. The zero-order chi connectivity index (χ0) is 14.3. The molecule has 1 aromatic heterocycles. The standard InChI is InChI=1S/C13H14ClN3O3/c14-12-10(5-9(6-15-12)17(19)20)13(18)16-11(7-1-2-7)8-3-4-8/h5-8,11H,1-4H2,(H,16,18). The highest BCUT2D eigenvalue weighted by atomic mass is 35.5. The average Bonchev–Trinajstić information content (AvgIpc) is 3.28. The van der Waals surface area contributed by atoms with E-state index in [4.69, 9.17) is 11.6 Å². The molecule has 3 rings (SSSR count). The highest BCUT2D eigenvalue weighted by Crippen LogP contribution is 2.44. The summed E-state index contributed by atoms with van der Waals surface area (Å²) in [6.07, 6.45) is 5.62. The van der Waals surface area contributed by atoms with E-state index < -0.39 is 4.92 Å². The van der Waals surface area contributed by atoms with Gasteiger partial charge in [0.05, 0.1) is 10.5 Å². The summed E-state index contributed by atoms with van der Waals surface area (Å²) < 4.78 is 0. The zero-order valence-electron chi connectivity index (χ0n) is 10.7. The number of halogens is 1. The van der Waals surface area contributed by atoms with Crippen molar-refractivity contribution in [1.82, 2.24) is 10.3 Å². The van der Waals surface area contributed by atoms with E-state index in [1.165, 1.54) is 6.07 Å². The van der Waals surface area contributed by atoms with Crippen molar-refractivity contribution in [2.45, 2.75) is 31.7 Å². The van der Waals surface area contributed by atoms with E-state index in [2.05, 4.69) is 10.3 Å². The average molecular weight is 296 g/mol. The lowest BCUT2D eigenvalue weighted by Crippen LogP contribution is -2.38. The molecular weight excluding hydrogens is 282 g/mol. The highest BCUT2D eigenvalue weighted by Gasteiger charge is 2.42. The van der Waals surface area contributed by atoms with Crippen LogP contribution in [0.3, 0.4) is 0 Å². The molecule has 20 heavy (non-hydrogen) atoms. The van der Waals surface area contributed by atoms with Crippen molar-refractivity contribution in [2.75, 3.05) is 0 Å². The molecule has 0 aromatic carbocycles. The van der Waals surface area contributed by atoms with E-state index in [9.17, 15) is 14.9 Å². The fourth-order valence-electron chi connectivity index (χ4n) is 2.46. The Hall–Kier alpha value is -1.69. The fraction of sp³-hybridized carbons (Fsp3) is 0.538. The summed E-state index contributed by atoms with van der Waals surface area (Å²) in [6.45, 7) is 0. The topological polar surface area (TPSA) is 85.1 Å². The number of carbonyl (C=O) groups is 1. The molecule has 1 aromatic rings. The molecular formula is C13H14ClN3O3. The van der Waals surface area contributed by atoms with E-state index in [-0.39, 0.29) is 28.4 Å². The molecule has 0 aliphatic heterocycles. The van der Waals surface area contributed by atoms with Gasteiger partial charge in [0.2, 0.25) is 0 Å². The summed E-state index contributed by atoms with van der Waals surface area (Å²) in [5.74, 6) is 0.740. The fourth-order valence-corrected chi connectivity index (χ4v) is 2.65. The summed E-state index contributed by atoms with van der Waals surface area (Å²) in [5.41, 5.74) is -0.152. The maximum atomic E-state index is 12.3. The largest absolute Gasteiger partial charge is 0.349 e. The molecule has 1 heterocycles. The Bertz CT molecular complexity index is 558. The highest BCUT2D eigenvalue weighted by molar-refractivity contribution is 6.32. The number of hydrogen-bond donors (Lipinski definition) is 1. The second-order valence-electron chi connectivity index (χ2n) is 5.46. The Kier molecular flexibility index (Phi) is 3.33. The van der Waals surface area contributed by atoms with Gasteiger partial charge >= 0.3 is 0 Å². The number of carbonyl (C=O) groups excluding carboxylic acids is 1. The summed E-state index contributed by atoms with van der Waals surface area (Å²) in [4.78, 5) is 26.1. The molecule has 6 nitrogen and oxygen atoms in total.